The van der Waals surface area contributed by atoms with Crippen molar-refractivity contribution in [2.75, 3.05) is 11.4 Å². The Hall–Kier alpha value is -1.52. The van der Waals surface area contributed by atoms with Crippen molar-refractivity contribution in [3.8, 4) is 9.31 Å². The summed E-state index contributed by atoms with van der Waals surface area (Å²) in [5.41, 5.74) is 1.34. The topological polar surface area (TPSA) is 20.3 Å². The standard InChI is InChI=1S/C20H17NOS2Se/c1-2-21-16-5-3-4-6-17(16)24-20(21)12-8-14-7-10-18(23-14)19-11-9-15(13-22)25-19/h3-13,20H,2H2,1H3/b12-8+. The normalized spacial score (nSPS) is 16.5. The number of nitrogens with zero attached hydrogens (tertiary/aromatic N) is 1. The molecule has 0 saturated heterocycles. The average Bonchev–Trinajstić information content (AvgIpc) is 3.36. The molecule has 0 aliphatic carbocycles. The van der Waals surface area contributed by atoms with Crippen LogP contribution in [0.3, 0.4) is 0 Å². The van der Waals surface area contributed by atoms with Crippen LogP contribution in [-0.2, 0) is 0 Å². The fraction of sp³-hybridized carbons (Fsp3) is 0.150. The molecule has 0 saturated carbocycles. The molecule has 5 heteroatoms. The van der Waals surface area contributed by atoms with Gasteiger partial charge in [0.05, 0.1) is 0 Å². The van der Waals surface area contributed by atoms with Gasteiger partial charge in [-0.15, -0.1) is 0 Å². The summed E-state index contributed by atoms with van der Waals surface area (Å²) in [6.45, 7) is 3.21. The maximum atomic E-state index is 10.9. The van der Waals surface area contributed by atoms with Crippen LogP contribution in [0, 0.1) is 0 Å². The second kappa shape index (κ2) is 7.38. The Bertz CT molecular complexity index is 927. The fourth-order valence-electron chi connectivity index (χ4n) is 2.92. The summed E-state index contributed by atoms with van der Waals surface area (Å²) in [6, 6.07) is 17.0. The SMILES string of the molecule is CCN1c2ccccc2SC1/C=C/c1ccc(-c2ccc(C=O)[se]2)s1. The monoisotopic (exact) mass is 431 g/mol. The molecule has 3 aromatic rings. The van der Waals surface area contributed by atoms with E-state index in [4.69, 9.17) is 0 Å². The van der Waals surface area contributed by atoms with E-state index in [0.29, 0.717) is 5.37 Å². The number of carbonyl (C=O) groups excluding carboxylic acids is 1. The number of para-hydroxylation sites is 1. The first-order chi connectivity index (χ1) is 12.3. The van der Waals surface area contributed by atoms with Gasteiger partial charge in [-0.05, 0) is 0 Å². The number of rotatable bonds is 5. The number of hydrogen-bond donors (Lipinski definition) is 0. The van der Waals surface area contributed by atoms with E-state index < -0.39 is 0 Å². The van der Waals surface area contributed by atoms with Crippen molar-refractivity contribution in [2.24, 2.45) is 0 Å². The predicted molar refractivity (Wildman–Crippen MR) is 110 cm³/mol. The fourth-order valence-corrected chi connectivity index (χ4v) is 7.07. The van der Waals surface area contributed by atoms with Crippen LogP contribution in [0.5, 0.6) is 0 Å². The van der Waals surface area contributed by atoms with Gasteiger partial charge in [0.2, 0.25) is 0 Å². The van der Waals surface area contributed by atoms with Gasteiger partial charge in [-0.25, -0.2) is 0 Å². The zero-order chi connectivity index (χ0) is 17.2. The first-order valence-corrected chi connectivity index (χ1v) is 11.5. The molecular formula is C20H17NOS2Se. The Morgan fingerprint density at radius 3 is 2.84 bits per heavy atom. The zero-order valence-electron chi connectivity index (χ0n) is 13.7. The summed E-state index contributed by atoms with van der Waals surface area (Å²) in [5, 5.41) is 0.353. The first kappa shape index (κ1) is 16.9. The van der Waals surface area contributed by atoms with Crippen molar-refractivity contribution in [3.05, 3.63) is 63.9 Å². The van der Waals surface area contributed by atoms with Crippen molar-refractivity contribution in [1.29, 1.82) is 0 Å². The van der Waals surface area contributed by atoms with Gasteiger partial charge < -0.3 is 0 Å². The third kappa shape index (κ3) is 3.42. The molecule has 0 radical (unpaired) electrons. The quantitative estimate of drug-likeness (QED) is 0.407. The molecule has 0 bridgehead atoms. The molecule has 3 heterocycles. The molecule has 1 unspecified atom stereocenters. The molecule has 4 rings (SSSR count). The van der Waals surface area contributed by atoms with Gasteiger partial charge in [-0.3, -0.25) is 0 Å². The molecule has 126 valence electrons. The van der Waals surface area contributed by atoms with E-state index >= 15 is 0 Å². The summed E-state index contributed by atoms with van der Waals surface area (Å²) in [6.07, 6.45) is 5.51. The van der Waals surface area contributed by atoms with Gasteiger partial charge in [-0.1, -0.05) is 0 Å². The summed E-state index contributed by atoms with van der Waals surface area (Å²) in [7, 11) is 0. The van der Waals surface area contributed by atoms with Gasteiger partial charge in [0.15, 0.2) is 0 Å². The van der Waals surface area contributed by atoms with Crippen molar-refractivity contribution in [2.45, 2.75) is 17.2 Å². The molecule has 1 atom stereocenters. The number of carbonyl (C=O) groups is 1. The van der Waals surface area contributed by atoms with Crippen LogP contribution < -0.4 is 4.90 Å². The van der Waals surface area contributed by atoms with Gasteiger partial charge in [0, 0.05) is 0 Å². The van der Waals surface area contributed by atoms with Crippen LogP contribution in [0.25, 0.3) is 15.4 Å². The first-order valence-electron chi connectivity index (χ1n) is 8.14. The molecule has 1 aliphatic rings. The maximum absolute atomic E-state index is 10.9. The number of anilines is 1. The second-order valence-corrected chi connectivity index (χ2v) is 10.3. The Balaban J connectivity index is 1.52. The van der Waals surface area contributed by atoms with Crippen molar-refractivity contribution in [1.82, 2.24) is 0 Å². The molecular weight excluding hydrogens is 413 g/mol. The number of aldehydes is 1. The molecule has 0 fully saturated rings. The van der Waals surface area contributed by atoms with Crippen LogP contribution >= 0.6 is 23.1 Å². The van der Waals surface area contributed by atoms with E-state index in [9.17, 15) is 4.79 Å². The van der Waals surface area contributed by atoms with E-state index in [-0.39, 0.29) is 14.5 Å². The van der Waals surface area contributed by atoms with Crippen LogP contribution in [0.1, 0.15) is 21.0 Å². The average molecular weight is 430 g/mol. The molecule has 1 aromatic carbocycles. The summed E-state index contributed by atoms with van der Waals surface area (Å²) in [4.78, 5) is 17.2. The Morgan fingerprint density at radius 1 is 1.16 bits per heavy atom. The number of benzene rings is 1. The van der Waals surface area contributed by atoms with Crippen LogP contribution in [0.2, 0.25) is 0 Å². The molecule has 2 nitrogen and oxygen atoms in total. The number of hydrogen-bond acceptors (Lipinski definition) is 4. The Labute approximate surface area is 161 Å². The van der Waals surface area contributed by atoms with Crippen molar-refractivity contribution in [3.63, 3.8) is 0 Å². The van der Waals surface area contributed by atoms with Gasteiger partial charge in [0.1, 0.15) is 0 Å². The number of fused-ring (bicyclic) bond motifs is 1. The second-order valence-electron chi connectivity index (χ2n) is 5.64. The molecule has 0 amide bonds. The van der Waals surface area contributed by atoms with Crippen LogP contribution in [0.4, 0.5) is 5.69 Å². The van der Waals surface area contributed by atoms with E-state index in [0.717, 1.165) is 17.3 Å². The van der Waals surface area contributed by atoms with Crippen LogP contribution in [-0.4, -0.2) is 32.7 Å². The third-order valence-electron chi connectivity index (χ3n) is 4.11. The molecule has 25 heavy (non-hydrogen) atoms. The Kier molecular flexibility index (Phi) is 5.00. The van der Waals surface area contributed by atoms with E-state index in [1.807, 2.05) is 17.8 Å². The van der Waals surface area contributed by atoms with E-state index in [1.165, 1.54) is 24.8 Å². The van der Waals surface area contributed by atoms with Gasteiger partial charge in [0.25, 0.3) is 0 Å². The van der Waals surface area contributed by atoms with E-state index in [1.54, 1.807) is 11.3 Å². The van der Waals surface area contributed by atoms with Crippen molar-refractivity contribution < 1.29 is 4.79 Å². The van der Waals surface area contributed by atoms with Gasteiger partial charge in [-0.2, -0.15) is 0 Å². The number of thioether (sulfide) groups is 1. The zero-order valence-corrected chi connectivity index (χ0v) is 17.1. The van der Waals surface area contributed by atoms with Crippen LogP contribution in [0.15, 0.2) is 59.5 Å². The minimum atomic E-state index is 0.162. The molecule has 2 aromatic heterocycles. The molecule has 0 spiro atoms. The predicted octanol–water partition coefficient (Wildman–Crippen LogP) is 5.26. The summed E-state index contributed by atoms with van der Waals surface area (Å²) >= 11 is 3.88. The van der Waals surface area contributed by atoms with Crippen molar-refractivity contribution >= 4 is 55.7 Å². The summed E-state index contributed by atoms with van der Waals surface area (Å²) < 4.78 is 2.23. The van der Waals surface area contributed by atoms with E-state index in [2.05, 4.69) is 66.4 Å². The minimum absolute atomic E-state index is 0.162. The number of likely N-dealkylation sites (N-methyl/N-ethyl adjacent to an activating group) is 1. The number of thiophene rings is 1. The Morgan fingerprint density at radius 2 is 2.04 bits per heavy atom. The summed E-state index contributed by atoms with van der Waals surface area (Å²) in [5.74, 6) is 0. The molecule has 0 N–H and O–H groups in total. The van der Waals surface area contributed by atoms with Gasteiger partial charge >= 0.3 is 162 Å². The molecule has 1 aliphatic heterocycles. The third-order valence-corrected chi connectivity index (χ3v) is 8.93.